The summed E-state index contributed by atoms with van der Waals surface area (Å²) >= 11 is 1.85. The van der Waals surface area contributed by atoms with E-state index in [1.807, 2.05) is 53.3 Å². The molecule has 0 saturated carbocycles. The maximum absolute atomic E-state index is 8.72. The van der Waals surface area contributed by atoms with Crippen molar-refractivity contribution in [3.05, 3.63) is 42.0 Å². The van der Waals surface area contributed by atoms with E-state index in [-0.39, 0.29) is 0 Å². The molecule has 3 heteroatoms. The van der Waals surface area contributed by atoms with Gasteiger partial charge >= 0.3 is 0 Å². The monoisotopic (exact) mass is 295 g/mol. The standard InChI is InChI=1S/C11H6INO/c12-14-11-4-3-9-5-8(7-13)1-2-10(9)6-11/h1-6H. The van der Waals surface area contributed by atoms with Crippen LogP contribution in [0.15, 0.2) is 36.4 Å². The normalized spacial score (nSPS) is 9.71. The minimum absolute atomic E-state index is 0.681. The van der Waals surface area contributed by atoms with Gasteiger partial charge in [0, 0.05) is 0 Å². The Bertz CT molecular complexity index is 516. The molecule has 0 N–H and O–H groups in total. The van der Waals surface area contributed by atoms with Crippen LogP contribution < -0.4 is 3.07 Å². The zero-order chi connectivity index (χ0) is 9.97. The van der Waals surface area contributed by atoms with Gasteiger partial charge in [0.15, 0.2) is 23.0 Å². The van der Waals surface area contributed by atoms with E-state index in [4.69, 9.17) is 8.33 Å². The summed E-state index contributed by atoms with van der Waals surface area (Å²) in [5.41, 5.74) is 0.681. The van der Waals surface area contributed by atoms with Crippen molar-refractivity contribution in [1.29, 1.82) is 5.26 Å². The van der Waals surface area contributed by atoms with Crippen LogP contribution in [-0.4, -0.2) is 0 Å². The molecule has 0 radical (unpaired) electrons. The molecular formula is C11H6INO. The van der Waals surface area contributed by atoms with Crippen molar-refractivity contribution in [1.82, 2.24) is 0 Å². The minimum atomic E-state index is 0.681. The molecule has 0 fully saturated rings. The van der Waals surface area contributed by atoms with E-state index in [9.17, 15) is 0 Å². The molecule has 2 aromatic carbocycles. The zero-order valence-electron chi connectivity index (χ0n) is 7.20. The van der Waals surface area contributed by atoms with Gasteiger partial charge in [-0.05, 0) is 35.0 Å². The fourth-order valence-electron chi connectivity index (χ4n) is 1.34. The Balaban J connectivity index is 2.64. The molecule has 0 atom stereocenters. The molecule has 0 heterocycles. The summed E-state index contributed by atoms with van der Waals surface area (Å²) in [5, 5.41) is 10.9. The Morgan fingerprint density at radius 1 is 1.07 bits per heavy atom. The number of nitrogens with zero attached hydrogens (tertiary/aromatic N) is 1. The number of halogens is 1. The second-order valence-electron chi connectivity index (χ2n) is 2.91. The molecule has 68 valence electrons. The topological polar surface area (TPSA) is 33.0 Å². The average molecular weight is 295 g/mol. The van der Waals surface area contributed by atoms with Gasteiger partial charge in [-0.25, -0.2) is 0 Å². The number of hydrogen-bond acceptors (Lipinski definition) is 2. The van der Waals surface area contributed by atoms with Crippen LogP contribution in [0, 0.1) is 11.3 Å². The first-order valence-corrected chi connectivity index (χ1v) is 4.94. The predicted molar refractivity (Wildman–Crippen MR) is 63.3 cm³/mol. The second kappa shape index (κ2) is 3.84. The molecule has 2 aromatic rings. The van der Waals surface area contributed by atoms with E-state index in [0.29, 0.717) is 5.56 Å². The summed E-state index contributed by atoms with van der Waals surface area (Å²) in [6, 6.07) is 13.5. The quantitative estimate of drug-likeness (QED) is 0.755. The molecule has 0 aliphatic heterocycles. The van der Waals surface area contributed by atoms with E-state index in [1.54, 1.807) is 6.07 Å². The Kier molecular flexibility index (Phi) is 2.55. The third kappa shape index (κ3) is 1.66. The minimum Gasteiger partial charge on any atom is -0.428 e. The summed E-state index contributed by atoms with van der Waals surface area (Å²) in [7, 11) is 0. The lowest BCUT2D eigenvalue weighted by Crippen LogP contribution is -1.78. The summed E-state index contributed by atoms with van der Waals surface area (Å²) in [4.78, 5) is 0. The number of hydrogen-bond donors (Lipinski definition) is 0. The van der Waals surface area contributed by atoms with Crippen LogP contribution in [0.4, 0.5) is 0 Å². The molecule has 2 rings (SSSR count). The van der Waals surface area contributed by atoms with Crippen LogP contribution in [0.25, 0.3) is 10.8 Å². The van der Waals surface area contributed by atoms with E-state index in [1.165, 1.54) is 0 Å². The van der Waals surface area contributed by atoms with Gasteiger partial charge in [-0.3, -0.25) is 0 Å². The first kappa shape index (κ1) is 9.28. The molecule has 0 aromatic heterocycles. The fourth-order valence-corrected chi connectivity index (χ4v) is 1.62. The highest BCUT2D eigenvalue weighted by Gasteiger charge is 1.97. The van der Waals surface area contributed by atoms with Gasteiger partial charge in [0.05, 0.1) is 11.6 Å². The van der Waals surface area contributed by atoms with Crippen molar-refractivity contribution in [2.24, 2.45) is 0 Å². The average Bonchev–Trinajstić information content (AvgIpc) is 2.27. The maximum Gasteiger partial charge on any atom is 0.192 e. The first-order chi connectivity index (χ1) is 6.83. The van der Waals surface area contributed by atoms with E-state index in [2.05, 4.69) is 6.07 Å². The molecule has 0 saturated heterocycles. The predicted octanol–water partition coefficient (Wildman–Crippen LogP) is 3.44. The third-order valence-electron chi connectivity index (χ3n) is 2.03. The fraction of sp³-hybridized carbons (Fsp3) is 0. The Morgan fingerprint density at radius 2 is 1.79 bits per heavy atom. The number of nitriles is 1. The highest BCUT2D eigenvalue weighted by Crippen LogP contribution is 2.22. The largest absolute Gasteiger partial charge is 0.428 e. The van der Waals surface area contributed by atoms with Crippen molar-refractivity contribution < 1.29 is 3.07 Å². The third-order valence-corrected chi connectivity index (χ3v) is 2.54. The lowest BCUT2D eigenvalue weighted by molar-refractivity contribution is 0.718. The van der Waals surface area contributed by atoms with Crippen LogP contribution in [0.5, 0.6) is 5.75 Å². The molecule has 0 aliphatic rings. The zero-order valence-corrected chi connectivity index (χ0v) is 9.36. The summed E-state index contributed by atoms with van der Waals surface area (Å²) in [5.74, 6) is 0.822. The second-order valence-corrected chi connectivity index (χ2v) is 3.35. The van der Waals surface area contributed by atoms with Gasteiger partial charge in [0.25, 0.3) is 0 Å². The molecule has 14 heavy (non-hydrogen) atoms. The lowest BCUT2D eigenvalue weighted by atomic mass is 10.1. The number of fused-ring (bicyclic) bond motifs is 1. The van der Waals surface area contributed by atoms with Gasteiger partial charge in [0.1, 0.15) is 5.75 Å². The van der Waals surface area contributed by atoms with Crippen molar-refractivity contribution in [3.63, 3.8) is 0 Å². The van der Waals surface area contributed by atoms with Crippen LogP contribution in [-0.2, 0) is 0 Å². The van der Waals surface area contributed by atoms with Gasteiger partial charge in [-0.1, -0.05) is 12.1 Å². The van der Waals surface area contributed by atoms with Crippen LogP contribution in [0.3, 0.4) is 0 Å². The van der Waals surface area contributed by atoms with Gasteiger partial charge in [-0.15, -0.1) is 0 Å². The molecule has 0 bridgehead atoms. The molecular weight excluding hydrogens is 289 g/mol. The molecule has 0 spiro atoms. The highest BCUT2D eigenvalue weighted by molar-refractivity contribution is 14.1. The van der Waals surface area contributed by atoms with Gasteiger partial charge in [-0.2, -0.15) is 5.26 Å². The summed E-state index contributed by atoms with van der Waals surface area (Å²) in [6.07, 6.45) is 0. The van der Waals surface area contributed by atoms with Crippen molar-refractivity contribution in [2.75, 3.05) is 0 Å². The Hall–Kier alpha value is -1.28. The van der Waals surface area contributed by atoms with E-state index >= 15 is 0 Å². The molecule has 0 amide bonds. The summed E-state index contributed by atoms with van der Waals surface area (Å²) < 4.78 is 5.08. The number of benzene rings is 2. The summed E-state index contributed by atoms with van der Waals surface area (Å²) in [6.45, 7) is 0. The first-order valence-electron chi connectivity index (χ1n) is 4.06. The van der Waals surface area contributed by atoms with Crippen LogP contribution in [0.1, 0.15) is 5.56 Å². The van der Waals surface area contributed by atoms with Gasteiger partial charge in [0.2, 0.25) is 0 Å². The van der Waals surface area contributed by atoms with Crippen LogP contribution in [0.2, 0.25) is 0 Å². The Morgan fingerprint density at radius 3 is 2.50 bits per heavy atom. The lowest BCUT2D eigenvalue weighted by Gasteiger charge is -2.00. The smallest absolute Gasteiger partial charge is 0.192 e. The van der Waals surface area contributed by atoms with Crippen LogP contribution >= 0.6 is 23.0 Å². The molecule has 0 aliphatic carbocycles. The van der Waals surface area contributed by atoms with Crippen molar-refractivity contribution in [3.8, 4) is 11.8 Å². The van der Waals surface area contributed by atoms with E-state index < -0.39 is 0 Å². The van der Waals surface area contributed by atoms with E-state index in [0.717, 1.165) is 16.5 Å². The SMILES string of the molecule is N#Cc1ccc2cc(OI)ccc2c1. The maximum atomic E-state index is 8.72. The van der Waals surface area contributed by atoms with Crippen molar-refractivity contribution >= 4 is 33.8 Å². The molecule has 2 nitrogen and oxygen atoms in total. The highest BCUT2D eigenvalue weighted by atomic mass is 127. The number of rotatable bonds is 1. The Labute approximate surface area is 95.8 Å². The molecule has 0 unspecified atom stereocenters. The van der Waals surface area contributed by atoms with Crippen molar-refractivity contribution in [2.45, 2.75) is 0 Å². The van der Waals surface area contributed by atoms with Gasteiger partial charge < -0.3 is 3.07 Å².